The lowest BCUT2D eigenvalue weighted by Gasteiger charge is -2.30. The minimum Gasteiger partial charge on any atom is -0.458 e. The molecule has 0 spiro atoms. The maximum Gasteiger partial charge on any atom is 0.330 e. The maximum absolute atomic E-state index is 11.0. The van der Waals surface area contributed by atoms with E-state index >= 15 is 0 Å². The molecular formula is C11H16O2. The van der Waals surface area contributed by atoms with Crippen LogP contribution in [0, 0.1) is 10.8 Å². The van der Waals surface area contributed by atoms with Crippen molar-refractivity contribution in [1.29, 1.82) is 0 Å². The zero-order chi connectivity index (χ0) is 9.69. The highest BCUT2D eigenvalue weighted by molar-refractivity contribution is 5.83. The molecule has 2 nitrogen and oxygen atoms in total. The lowest BCUT2D eigenvalue weighted by atomic mass is 9.81. The van der Waals surface area contributed by atoms with E-state index in [4.69, 9.17) is 4.74 Å². The molecule has 0 bridgehead atoms. The first kappa shape index (κ1) is 8.79. The molecule has 0 aromatic heterocycles. The number of fused-ring (bicyclic) bond motifs is 1. The minimum absolute atomic E-state index is 0.0808. The molecule has 0 radical (unpaired) electrons. The van der Waals surface area contributed by atoms with Crippen LogP contribution in [0.2, 0.25) is 0 Å². The summed E-state index contributed by atoms with van der Waals surface area (Å²) in [6.45, 7) is 6.64. The largest absolute Gasteiger partial charge is 0.458 e. The van der Waals surface area contributed by atoms with Gasteiger partial charge in [0, 0.05) is 11.5 Å². The second-order valence-electron chi connectivity index (χ2n) is 5.31. The highest BCUT2D eigenvalue weighted by atomic mass is 16.5. The van der Waals surface area contributed by atoms with E-state index in [0.717, 1.165) is 12.8 Å². The van der Waals surface area contributed by atoms with E-state index < -0.39 is 0 Å². The van der Waals surface area contributed by atoms with E-state index in [-0.39, 0.29) is 17.5 Å². The van der Waals surface area contributed by atoms with Crippen molar-refractivity contribution < 1.29 is 9.53 Å². The van der Waals surface area contributed by atoms with Crippen molar-refractivity contribution in [2.24, 2.45) is 10.8 Å². The maximum atomic E-state index is 11.0. The Morgan fingerprint density at radius 3 is 2.85 bits per heavy atom. The van der Waals surface area contributed by atoms with Crippen LogP contribution in [-0.2, 0) is 9.53 Å². The number of esters is 1. The predicted octanol–water partition coefficient (Wildman–Crippen LogP) is 2.29. The van der Waals surface area contributed by atoms with Crippen molar-refractivity contribution >= 4 is 5.97 Å². The Labute approximate surface area is 79.0 Å². The van der Waals surface area contributed by atoms with E-state index in [1.165, 1.54) is 0 Å². The molecule has 1 heterocycles. The minimum atomic E-state index is -0.180. The summed E-state index contributed by atoms with van der Waals surface area (Å²) >= 11 is 0. The third-order valence-electron chi connectivity index (χ3n) is 3.19. The molecule has 0 aromatic carbocycles. The molecule has 1 fully saturated rings. The van der Waals surface area contributed by atoms with E-state index in [9.17, 15) is 4.79 Å². The molecule has 13 heavy (non-hydrogen) atoms. The molecule has 0 N–H and O–H groups in total. The molecule has 0 saturated heterocycles. The van der Waals surface area contributed by atoms with Crippen LogP contribution in [0.1, 0.15) is 33.6 Å². The molecular weight excluding hydrogens is 164 g/mol. The van der Waals surface area contributed by atoms with Gasteiger partial charge in [0.15, 0.2) is 0 Å². The van der Waals surface area contributed by atoms with E-state index in [2.05, 4.69) is 20.8 Å². The van der Waals surface area contributed by atoms with Crippen molar-refractivity contribution in [2.75, 3.05) is 0 Å². The number of rotatable bonds is 0. The molecule has 1 aliphatic heterocycles. The third-order valence-corrected chi connectivity index (χ3v) is 3.19. The van der Waals surface area contributed by atoms with Crippen LogP contribution in [0.15, 0.2) is 12.2 Å². The Morgan fingerprint density at radius 1 is 1.46 bits per heavy atom. The first-order chi connectivity index (χ1) is 5.91. The van der Waals surface area contributed by atoms with E-state index in [0.29, 0.717) is 5.41 Å². The topological polar surface area (TPSA) is 26.3 Å². The first-order valence-corrected chi connectivity index (χ1v) is 4.81. The molecule has 72 valence electrons. The standard InChI is InChI=1S/C11H16O2/c1-10(2)6-8-11(3,7-10)5-4-9(12)13-8/h4-5,8H,6-7H2,1-3H3/t8-,11+/m1/s1. The van der Waals surface area contributed by atoms with Gasteiger partial charge in [0.25, 0.3) is 0 Å². The average Bonchev–Trinajstić information content (AvgIpc) is 2.18. The summed E-state index contributed by atoms with van der Waals surface area (Å²) in [5.41, 5.74) is 0.381. The Balaban J connectivity index is 2.30. The molecule has 0 amide bonds. The van der Waals surface area contributed by atoms with Crippen molar-refractivity contribution in [3.8, 4) is 0 Å². The zero-order valence-electron chi connectivity index (χ0n) is 8.46. The first-order valence-electron chi connectivity index (χ1n) is 4.81. The van der Waals surface area contributed by atoms with Gasteiger partial charge in [-0.05, 0) is 18.3 Å². The molecule has 1 saturated carbocycles. The van der Waals surface area contributed by atoms with Crippen molar-refractivity contribution in [3.63, 3.8) is 0 Å². The molecule has 2 rings (SSSR count). The lowest BCUT2D eigenvalue weighted by molar-refractivity contribution is -0.148. The Morgan fingerprint density at radius 2 is 2.15 bits per heavy atom. The smallest absolute Gasteiger partial charge is 0.330 e. The quantitative estimate of drug-likeness (QED) is 0.535. The Hall–Kier alpha value is -0.790. The summed E-state index contributed by atoms with van der Waals surface area (Å²) in [6.07, 6.45) is 5.78. The summed E-state index contributed by atoms with van der Waals surface area (Å²) in [5.74, 6) is -0.180. The molecule has 0 unspecified atom stereocenters. The molecule has 2 atom stereocenters. The highest BCUT2D eigenvalue weighted by Gasteiger charge is 2.49. The van der Waals surface area contributed by atoms with E-state index in [1.807, 2.05) is 6.08 Å². The second-order valence-corrected chi connectivity index (χ2v) is 5.31. The number of ether oxygens (including phenoxy) is 1. The fraction of sp³-hybridized carbons (Fsp3) is 0.727. The second kappa shape index (κ2) is 2.37. The Kier molecular flexibility index (Phi) is 1.60. The highest BCUT2D eigenvalue weighted by Crippen LogP contribution is 2.52. The van der Waals surface area contributed by atoms with Gasteiger partial charge < -0.3 is 4.74 Å². The summed E-state index contributed by atoms with van der Waals surface area (Å²) in [7, 11) is 0. The zero-order valence-corrected chi connectivity index (χ0v) is 8.46. The van der Waals surface area contributed by atoms with Gasteiger partial charge in [-0.1, -0.05) is 26.8 Å². The van der Waals surface area contributed by atoms with Crippen LogP contribution in [0.5, 0.6) is 0 Å². The average molecular weight is 180 g/mol. The number of carbonyl (C=O) groups excluding carboxylic acids is 1. The molecule has 1 aliphatic carbocycles. The van der Waals surface area contributed by atoms with Crippen molar-refractivity contribution in [3.05, 3.63) is 12.2 Å². The lowest BCUT2D eigenvalue weighted by Crippen LogP contribution is -2.32. The van der Waals surface area contributed by atoms with Crippen LogP contribution in [0.3, 0.4) is 0 Å². The van der Waals surface area contributed by atoms with Gasteiger partial charge in [0.05, 0.1) is 0 Å². The van der Waals surface area contributed by atoms with Crippen LogP contribution in [0.4, 0.5) is 0 Å². The normalized spacial score (nSPS) is 41.5. The predicted molar refractivity (Wildman–Crippen MR) is 50.1 cm³/mol. The number of hydrogen-bond acceptors (Lipinski definition) is 2. The Bertz CT molecular complexity index is 278. The molecule has 2 aliphatic rings. The van der Waals surface area contributed by atoms with Gasteiger partial charge in [-0.2, -0.15) is 0 Å². The van der Waals surface area contributed by atoms with Gasteiger partial charge in [0.1, 0.15) is 6.10 Å². The third kappa shape index (κ3) is 1.38. The van der Waals surface area contributed by atoms with Crippen molar-refractivity contribution in [2.45, 2.75) is 39.7 Å². The van der Waals surface area contributed by atoms with Crippen LogP contribution in [-0.4, -0.2) is 12.1 Å². The summed E-state index contributed by atoms with van der Waals surface area (Å²) in [5, 5.41) is 0. The molecule has 2 heteroatoms. The SMILES string of the molecule is CC1(C)C[C@H]2OC(=O)C=C[C@@]2(C)C1. The van der Waals surface area contributed by atoms with Gasteiger partial charge in [-0.3, -0.25) is 0 Å². The van der Waals surface area contributed by atoms with Crippen molar-refractivity contribution in [1.82, 2.24) is 0 Å². The summed E-state index contributed by atoms with van der Waals surface area (Å²) in [4.78, 5) is 11.0. The van der Waals surface area contributed by atoms with Gasteiger partial charge >= 0.3 is 5.97 Å². The summed E-state index contributed by atoms with van der Waals surface area (Å²) in [6, 6.07) is 0. The fourth-order valence-electron chi connectivity index (χ4n) is 2.73. The van der Waals surface area contributed by atoms with Crippen LogP contribution in [0.25, 0.3) is 0 Å². The summed E-state index contributed by atoms with van der Waals surface area (Å²) < 4.78 is 5.32. The van der Waals surface area contributed by atoms with Crippen LogP contribution >= 0.6 is 0 Å². The monoisotopic (exact) mass is 180 g/mol. The number of hydrogen-bond donors (Lipinski definition) is 0. The van der Waals surface area contributed by atoms with Gasteiger partial charge in [-0.15, -0.1) is 0 Å². The van der Waals surface area contributed by atoms with E-state index in [1.54, 1.807) is 6.08 Å². The van der Waals surface area contributed by atoms with Gasteiger partial charge in [0.2, 0.25) is 0 Å². The van der Waals surface area contributed by atoms with Gasteiger partial charge in [-0.25, -0.2) is 4.79 Å². The van der Waals surface area contributed by atoms with Crippen LogP contribution < -0.4 is 0 Å². The molecule has 0 aromatic rings. The fourth-order valence-corrected chi connectivity index (χ4v) is 2.73. The number of carbonyl (C=O) groups is 1.